The van der Waals surface area contributed by atoms with Crippen molar-refractivity contribution in [2.24, 2.45) is 5.73 Å². The summed E-state index contributed by atoms with van der Waals surface area (Å²) in [5.74, 6) is -0.819. The number of thiazole rings is 2. The Bertz CT molecular complexity index is 922. The maximum absolute atomic E-state index is 11.9. The molecule has 0 fully saturated rings. The second-order valence-electron chi connectivity index (χ2n) is 4.82. The second-order valence-corrected chi connectivity index (χ2v) is 6.74. The normalized spacial score (nSPS) is 11.0. The molecular formula is C15H13N5O2S2. The van der Waals surface area contributed by atoms with Crippen molar-refractivity contribution in [2.45, 2.75) is 6.92 Å². The van der Waals surface area contributed by atoms with Crippen LogP contribution in [0.4, 0.5) is 5.13 Å². The summed E-state index contributed by atoms with van der Waals surface area (Å²) in [5, 5.41) is 7.77. The molecule has 7 nitrogen and oxygen atoms in total. The fraction of sp³-hybridized carbons (Fsp3) is 0.0667. The van der Waals surface area contributed by atoms with Crippen LogP contribution in [-0.2, 0) is 4.79 Å². The molecule has 0 saturated heterocycles. The van der Waals surface area contributed by atoms with Gasteiger partial charge in [-0.2, -0.15) is 0 Å². The van der Waals surface area contributed by atoms with Crippen molar-refractivity contribution in [3.05, 3.63) is 45.5 Å². The summed E-state index contributed by atoms with van der Waals surface area (Å²) >= 11 is 2.82. The number of nitrogens with one attached hydrogen (secondary N) is 2. The van der Waals surface area contributed by atoms with Crippen molar-refractivity contribution in [3.8, 4) is 11.3 Å². The number of aromatic nitrogens is 3. The summed E-state index contributed by atoms with van der Waals surface area (Å²) in [6, 6.07) is 1.62. The molecule has 3 heterocycles. The van der Waals surface area contributed by atoms with Crippen LogP contribution in [0.1, 0.15) is 21.2 Å². The highest BCUT2D eigenvalue weighted by Crippen LogP contribution is 2.25. The van der Waals surface area contributed by atoms with Gasteiger partial charge in [-0.05, 0) is 19.1 Å². The van der Waals surface area contributed by atoms with Crippen molar-refractivity contribution in [3.63, 3.8) is 0 Å². The molecule has 0 aliphatic carbocycles. The van der Waals surface area contributed by atoms with Crippen LogP contribution in [-0.4, -0.2) is 26.8 Å². The Morgan fingerprint density at radius 1 is 1.29 bits per heavy atom. The zero-order chi connectivity index (χ0) is 17.1. The minimum Gasteiger partial charge on any atom is -0.364 e. The van der Waals surface area contributed by atoms with Crippen molar-refractivity contribution >= 4 is 45.7 Å². The van der Waals surface area contributed by atoms with E-state index < -0.39 is 5.91 Å². The summed E-state index contributed by atoms with van der Waals surface area (Å²) < 4.78 is 0. The summed E-state index contributed by atoms with van der Waals surface area (Å²) in [6.07, 6.45) is 4.71. The van der Waals surface area contributed by atoms with Gasteiger partial charge in [0.15, 0.2) is 5.13 Å². The lowest BCUT2D eigenvalue weighted by molar-refractivity contribution is -0.111. The number of primary amides is 1. The fourth-order valence-corrected chi connectivity index (χ4v) is 3.22. The highest BCUT2D eigenvalue weighted by Gasteiger charge is 2.10. The van der Waals surface area contributed by atoms with E-state index in [0.29, 0.717) is 16.5 Å². The Morgan fingerprint density at radius 2 is 2.12 bits per heavy atom. The molecule has 24 heavy (non-hydrogen) atoms. The average Bonchev–Trinajstić information content (AvgIpc) is 3.24. The van der Waals surface area contributed by atoms with Crippen molar-refractivity contribution in [1.82, 2.24) is 15.0 Å². The SMILES string of the molecule is Cc1nc(/C=C/C(=O)Nc2nc(-c3c[nH]c(C(N)=O)c3)cs2)cs1. The van der Waals surface area contributed by atoms with Gasteiger partial charge < -0.3 is 10.7 Å². The number of anilines is 1. The average molecular weight is 359 g/mol. The van der Waals surface area contributed by atoms with Crippen LogP contribution >= 0.6 is 22.7 Å². The molecule has 3 aromatic heterocycles. The maximum atomic E-state index is 11.9. The molecule has 122 valence electrons. The van der Waals surface area contributed by atoms with Crippen LogP contribution in [0.15, 0.2) is 29.1 Å². The lowest BCUT2D eigenvalue weighted by Gasteiger charge is -1.95. The van der Waals surface area contributed by atoms with Gasteiger partial charge in [-0.25, -0.2) is 9.97 Å². The van der Waals surface area contributed by atoms with Crippen molar-refractivity contribution in [2.75, 3.05) is 5.32 Å². The van der Waals surface area contributed by atoms with E-state index in [9.17, 15) is 9.59 Å². The molecule has 9 heteroatoms. The van der Waals surface area contributed by atoms with Crippen LogP contribution in [0.3, 0.4) is 0 Å². The number of rotatable bonds is 5. The number of carbonyl (C=O) groups excluding carboxylic acids is 2. The van der Waals surface area contributed by atoms with Gasteiger partial charge in [0, 0.05) is 28.6 Å². The van der Waals surface area contributed by atoms with Gasteiger partial charge in [-0.3, -0.25) is 14.9 Å². The Labute approximate surface area is 145 Å². The summed E-state index contributed by atoms with van der Waals surface area (Å²) in [5.41, 5.74) is 7.64. The van der Waals surface area contributed by atoms with E-state index in [-0.39, 0.29) is 5.91 Å². The number of amides is 2. The van der Waals surface area contributed by atoms with E-state index >= 15 is 0 Å². The van der Waals surface area contributed by atoms with Crippen LogP contribution < -0.4 is 11.1 Å². The number of nitrogens with two attached hydrogens (primary N) is 1. The van der Waals surface area contributed by atoms with E-state index in [4.69, 9.17) is 5.73 Å². The third kappa shape index (κ3) is 3.76. The predicted molar refractivity (Wildman–Crippen MR) is 94.9 cm³/mol. The van der Waals surface area contributed by atoms with E-state index in [1.165, 1.54) is 28.7 Å². The highest BCUT2D eigenvalue weighted by molar-refractivity contribution is 7.14. The van der Waals surface area contributed by atoms with Gasteiger partial charge in [0.05, 0.1) is 16.4 Å². The first kappa shape index (κ1) is 16.1. The monoisotopic (exact) mass is 359 g/mol. The predicted octanol–water partition coefficient (Wildman–Crippen LogP) is 2.65. The maximum Gasteiger partial charge on any atom is 0.265 e. The number of aryl methyl sites for hydroxylation is 1. The molecule has 3 rings (SSSR count). The van der Waals surface area contributed by atoms with E-state index in [0.717, 1.165) is 16.3 Å². The van der Waals surface area contributed by atoms with Gasteiger partial charge in [0.2, 0.25) is 5.91 Å². The second kappa shape index (κ2) is 6.77. The minimum absolute atomic E-state index is 0.284. The standard InChI is InChI=1S/C15H13N5O2S2/c1-8-18-10(6-23-8)2-3-13(21)20-15-19-12(7-24-15)9-4-11(14(16)22)17-5-9/h2-7,17H,1H3,(H2,16,22)(H,19,20,21)/b3-2+. The Balaban J connectivity index is 1.65. The molecule has 0 aliphatic rings. The zero-order valence-corrected chi connectivity index (χ0v) is 14.2. The molecule has 0 spiro atoms. The van der Waals surface area contributed by atoms with Gasteiger partial charge in [0.1, 0.15) is 5.69 Å². The molecule has 4 N–H and O–H groups in total. The lowest BCUT2D eigenvalue weighted by atomic mass is 10.2. The molecule has 0 aliphatic heterocycles. The smallest absolute Gasteiger partial charge is 0.265 e. The molecule has 3 aromatic rings. The topological polar surface area (TPSA) is 114 Å². The van der Waals surface area contributed by atoms with Crippen molar-refractivity contribution < 1.29 is 9.59 Å². The van der Waals surface area contributed by atoms with E-state index in [1.807, 2.05) is 12.3 Å². The number of nitrogens with zero attached hydrogens (tertiary/aromatic N) is 2. The summed E-state index contributed by atoms with van der Waals surface area (Å²) in [4.78, 5) is 34.3. The summed E-state index contributed by atoms with van der Waals surface area (Å²) in [6.45, 7) is 1.91. The van der Waals surface area contributed by atoms with Gasteiger partial charge >= 0.3 is 0 Å². The third-order valence-corrected chi connectivity index (χ3v) is 4.57. The largest absolute Gasteiger partial charge is 0.364 e. The Hall–Kier alpha value is -2.78. The molecule has 0 atom stereocenters. The number of H-pyrrole nitrogens is 1. The van der Waals surface area contributed by atoms with Crippen molar-refractivity contribution in [1.29, 1.82) is 0 Å². The van der Waals surface area contributed by atoms with Gasteiger partial charge in [0.25, 0.3) is 5.91 Å². The fourth-order valence-electron chi connectivity index (χ4n) is 1.91. The molecule has 0 unspecified atom stereocenters. The molecule has 0 radical (unpaired) electrons. The van der Waals surface area contributed by atoms with E-state index in [2.05, 4.69) is 20.3 Å². The van der Waals surface area contributed by atoms with Crippen LogP contribution in [0.25, 0.3) is 17.3 Å². The summed E-state index contributed by atoms with van der Waals surface area (Å²) in [7, 11) is 0. The van der Waals surface area contributed by atoms with Gasteiger partial charge in [-0.1, -0.05) is 0 Å². The lowest BCUT2D eigenvalue weighted by Crippen LogP contribution is -2.10. The Kier molecular flexibility index (Phi) is 4.54. The van der Waals surface area contributed by atoms with Crippen LogP contribution in [0.2, 0.25) is 0 Å². The third-order valence-electron chi connectivity index (χ3n) is 3.02. The first-order valence-electron chi connectivity index (χ1n) is 6.86. The first-order chi connectivity index (χ1) is 11.5. The highest BCUT2D eigenvalue weighted by atomic mass is 32.1. The molecular weight excluding hydrogens is 346 g/mol. The van der Waals surface area contributed by atoms with E-state index in [1.54, 1.807) is 23.7 Å². The van der Waals surface area contributed by atoms with Gasteiger partial charge in [-0.15, -0.1) is 22.7 Å². The molecule has 0 saturated carbocycles. The number of carbonyl (C=O) groups is 2. The first-order valence-corrected chi connectivity index (χ1v) is 8.62. The minimum atomic E-state index is -0.535. The van der Waals surface area contributed by atoms with Crippen LogP contribution in [0, 0.1) is 6.92 Å². The molecule has 2 amide bonds. The quantitative estimate of drug-likeness (QED) is 0.608. The zero-order valence-electron chi connectivity index (χ0n) is 12.6. The molecule has 0 bridgehead atoms. The number of aromatic amines is 1. The Morgan fingerprint density at radius 3 is 2.79 bits per heavy atom. The van der Waals surface area contributed by atoms with Crippen LogP contribution in [0.5, 0.6) is 0 Å². The number of hydrogen-bond donors (Lipinski definition) is 3. The number of hydrogen-bond acceptors (Lipinski definition) is 6. The molecule has 0 aromatic carbocycles.